The number of benzene rings is 4. The fraction of sp³-hybridized carbons (Fsp3) is 0.227. The van der Waals surface area contributed by atoms with E-state index in [1.165, 1.54) is 44.9 Å². The second kappa shape index (κ2) is 11.5. The van der Waals surface area contributed by atoms with Gasteiger partial charge >= 0.3 is 0 Å². The average Bonchev–Trinajstić information content (AvgIpc) is 3.73. The third kappa shape index (κ3) is 4.28. The van der Waals surface area contributed by atoms with Crippen molar-refractivity contribution in [2.45, 2.75) is 64.3 Å². The molecule has 236 valence electrons. The highest BCUT2D eigenvalue weighted by molar-refractivity contribution is 6.09. The topological polar surface area (TPSA) is 25.8 Å². The van der Waals surface area contributed by atoms with Crippen LogP contribution < -0.4 is 9.13 Å². The summed E-state index contributed by atoms with van der Waals surface area (Å²) in [5.74, 6) is 1.49. The molecule has 4 heteroatoms. The van der Waals surface area contributed by atoms with Crippen molar-refractivity contribution in [3.63, 3.8) is 0 Å². The lowest BCUT2D eigenvalue weighted by atomic mass is 9.79. The van der Waals surface area contributed by atoms with Gasteiger partial charge in [-0.2, -0.15) is 9.13 Å². The summed E-state index contributed by atoms with van der Waals surface area (Å²) in [5.41, 5.74) is 13.5. The van der Waals surface area contributed by atoms with E-state index in [1.54, 1.807) is 0 Å². The molecule has 0 spiro atoms. The number of aryl methyl sites for hydroxylation is 3. The fourth-order valence-electron chi connectivity index (χ4n) is 8.74. The molecule has 9 rings (SSSR count). The lowest BCUT2D eigenvalue weighted by Crippen LogP contribution is -2.52. The first-order valence-corrected chi connectivity index (χ1v) is 17.6. The Morgan fingerprint density at radius 3 is 2.40 bits per heavy atom. The van der Waals surface area contributed by atoms with E-state index < -0.39 is 0 Å². The molecule has 0 saturated carbocycles. The molecule has 3 aromatic heterocycles. The Labute approximate surface area is 282 Å². The third-order valence-electron chi connectivity index (χ3n) is 10.7. The van der Waals surface area contributed by atoms with Gasteiger partial charge in [0, 0.05) is 28.8 Å². The largest absolute Gasteiger partial charge is 0.455 e. The molecule has 2 aliphatic heterocycles. The number of furan rings is 1. The summed E-state index contributed by atoms with van der Waals surface area (Å²) in [5, 5.41) is 2.32. The van der Waals surface area contributed by atoms with Gasteiger partial charge in [-0.3, -0.25) is 0 Å². The summed E-state index contributed by atoms with van der Waals surface area (Å²) in [7, 11) is 0. The van der Waals surface area contributed by atoms with E-state index in [2.05, 4.69) is 143 Å². The molecule has 5 heterocycles. The van der Waals surface area contributed by atoms with Crippen LogP contribution in [-0.4, -0.2) is 4.57 Å². The third-order valence-corrected chi connectivity index (χ3v) is 10.7. The zero-order valence-electron chi connectivity index (χ0n) is 27.8. The van der Waals surface area contributed by atoms with Crippen molar-refractivity contribution >= 4 is 27.6 Å². The first-order chi connectivity index (χ1) is 23.7. The van der Waals surface area contributed by atoms with Gasteiger partial charge in [-0.15, -0.1) is 0 Å². The van der Waals surface area contributed by atoms with Crippen molar-refractivity contribution < 1.29 is 13.6 Å². The van der Waals surface area contributed by atoms with Gasteiger partial charge in [-0.1, -0.05) is 93.4 Å². The van der Waals surface area contributed by atoms with Gasteiger partial charge in [0.2, 0.25) is 11.4 Å². The van der Waals surface area contributed by atoms with Gasteiger partial charge in [0.15, 0.2) is 12.2 Å². The van der Waals surface area contributed by atoms with Crippen LogP contribution in [-0.2, 0) is 19.3 Å². The SMILES string of the molecule is C=C1C2C(CCc3ccc4c(oc5ccccc54)c3-c3cccc[n+]31)c1ccccc1-c1n(-c3c(CCC)cccc3CCC)cc[n+]12. The monoisotopic (exact) mass is 627 g/mol. The fourth-order valence-corrected chi connectivity index (χ4v) is 8.74. The number of hydrogen-bond donors (Lipinski definition) is 0. The number of para-hydroxylation sites is 2. The Morgan fingerprint density at radius 1 is 0.792 bits per heavy atom. The Hall–Kier alpha value is -5.22. The molecule has 2 aliphatic rings. The minimum absolute atomic E-state index is 0.0377. The van der Waals surface area contributed by atoms with E-state index in [9.17, 15) is 0 Å². The van der Waals surface area contributed by atoms with Gasteiger partial charge in [0.1, 0.15) is 29.2 Å². The maximum Gasteiger partial charge on any atom is 0.295 e. The molecule has 4 aromatic carbocycles. The first-order valence-electron chi connectivity index (χ1n) is 17.6. The normalized spacial score (nSPS) is 16.8. The smallest absolute Gasteiger partial charge is 0.295 e. The number of hydrogen-bond acceptors (Lipinski definition) is 1. The molecule has 0 radical (unpaired) electrons. The Balaban J connectivity index is 1.29. The van der Waals surface area contributed by atoms with Crippen LogP contribution in [0.2, 0.25) is 0 Å². The standard InChI is InChI=1S/C44H41N3O/c1-4-13-31-15-12-16-32(14-5-2)42(31)47-28-27-46-41-29(3)45-26-11-10-20-38(45)40-30(22-24-35(41)33-17-6-7-19-37(33)44(46)47)23-25-36-34-18-8-9-21-39(34)48-43(36)40/h6-12,15-21,23,25-28,35,41H,3-5,13-14,22,24H2,1-2H3/q+2. The van der Waals surface area contributed by atoms with E-state index >= 15 is 0 Å². The van der Waals surface area contributed by atoms with Crippen LogP contribution >= 0.6 is 0 Å². The number of pyridine rings is 1. The van der Waals surface area contributed by atoms with Crippen molar-refractivity contribution in [1.29, 1.82) is 0 Å². The summed E-state index contributed by atoms with van der Waals surface area (Å²) in [4.78, 5) is 0. The molecule has 48 heavy (non-hydrogen) atoms. The van der Waals surface area contributed by atoms with Crippen molar-refractivity contribution in [3.05, 3.63) is 144 Å². The summed E-state index contributed by atoms with van der Waals surface area (Å²) in [6, 6.07) is 35.6. The first kappa shape index (κ1) is 29.0. The van der Waals surface area contributed by atoms with E-state index in [-0.39, 0.29) is 12.0 Å². The van der Waals surface area contributed by atoms with Gasteiger partial charge in [0.25, 0.3) is 5.82 Å². The van der Waals surface area contributed by atoms with Crippen LogP contribution in [0.5, 0.6) is 0 Å². The second-order valence-electron chi connectivity index (χ2n) is 13.5. The van der Waals surface area contributed by atoms with Crippen LogP contribution in [0.3, 0.4) is 0 Å². The number of allylic oxidation sites excluding steroid dienone is 1. The molecule has 2 unspecified atom stereocenters. The van der Waals surface area contributed by atoms with E-state index in [4.69, 9.17) is 11.0 Å². The molecular weight excluding hydrogens is 587 g/mol. The van der Waals surface area contributed by atoms with Crippen LogP contribution in [0.1, 0.15) is 67.3 Å². The predicted octanol–water partition coefficient (Wildman–Crippen LogP) is 9.95. The van der Waals surface area contributed by atoms with Crippen LogP contribution in [0.4, 0.5) is 0 Å². The summed E-state index contributed by atoms with van der Waals surface area (Å²) in [6.07, 6.45) is 13.1. The molecule has 0 N–H and O–H groups in total. The zero-order valence-corrected chi connectivity index (χ0v) is 27.8. The minimum Gasteiger partial charge on any atom is -0.455 e. The molecule has 0 bridgehead atoms. The highest BCUT2D eigenvalue weighted by Crippen LogP contribution is 2.47. The highest BCUT2D eigenvalue weighted by Gasteiger charge is 2.47. The van der Waals surface area contributed by atoms with E-state index in [0.717, 1.165) is 71.9 Å². The average molecular weight is 628 g/mol. The molecule has 2 atom stereocenters. The lowest BCUT2D eigenvalue weighted by Gasteiger charge is -2.30. The minimum atomic E-state index is 0.0377. The van der Waals surface area contributed by atoms with Gasteiger partial charge in [-0.05, 0) is 72.7 Å². The van der Waals surface area contributed by atoms with E-state index in [1.807, 2.05) is 0 Å². The van der Waals surface area contributed by atoms with E-state index in [0.29, 0.717) is 0 Å². The Kier molecular flexibility index (Phi) is 6.93. The number of aromatic nitrogens is 3. The summed E-state index contributed by atoms with van der Waals surface area (Å²) < 4.78 is 14.0. The van der Waals surface area contributed by atoms with Crippen LogP contribution in [0.15, 0.2) is 127 Å². The summed E-state index contributed by atoms with van der Waals surface area (Å²) >= 11 is 0. The molecule has 4 nitrogen and oxygen atoms in total. The van der Waals surface area contributed by atoms with Gasteiger partial charge in [-0.25, -0.2) is 4.57 Å². The molecule has 0 amide bonds. The van der Waals surface area contributed by atoms with Crippen molar-refractivity contribution in [2.24, 2.45) is 0 Å². The predicted molar refractivity (Wildman–Crippen MR) is 194 cm³/mol. The molecule has 0 aliphatic carbocycles. The number of nitrogens with zero attached hydrogens (tertiary/aromatic N) is 3. The van der Waals surface area contributed by atoms with Crippen molar-refractivity contribution in [2.75, 3.05) is 0 Å². The Bertz CT molecular complexity index is 2350. The number of fused-ring (bicyclic) bond motifs is 13. The molecule has 7 aromatic rings. The van der Waals surface area contributed by atoms with Crippen molar-refractivity contribution in [3.8, 4) is 28.3 Å². The molecule has 0 fully saturated rings. The molecule has 0 saturated heterocycles. The van der Waals surface area contributed by atoms with Gasteiger partial charge in [0.05, 0.1) is 11.1 Å². The number of imidazole rings is 1. The maximum atomic E-state index is 6.67. The maximum absolute atomic E-state index is 6.67. The number of rotatable bonds is 5. The zero-order chi connectivity index (χ0) is 32.4. The van der Waals surface area contributed by atoms with Crippen LogP contribution in [0.25, 0.3) is 56.0 Å². The second-order valence-corrected chi connectivity index (χ2v) is 13.5. The summed E-state index contributed by atoms with van der Waals surface area (Å²) in [6.45, 7) is 9.49. The molecular formula is C44H41N3O+2. The quantitative estimate of drug-likeness (QED) is 0.174. The van der Waals surface area contributed by atoms with Crippen LogP contribution in [0, 0.1) is 0 Å². The lowest BCUT2D eigenvalue weighted by molar-refractivity contribution is -0.726. The van der Waals surface area contributed by atoms with Gasteiger partial charge < -0.3 is 4.42 Å². The Morgan fingerprint density at radius 2 is 1.56 bits per heavy atom. The van der Waals surface area contributed by atoms with Crippen molar-refractivity contribution in [1.82, 2.24) is 4.57 Å². The highest BCUT2D eigenvalue weighted by atomic mass is 16.3.